The molecule has 0 bridgehead atoms. The molecular weight excluding hydrogens is 398 g/mol. The number of anilines is 1. The number of para-hydroxylation sites is 1. The second-order valence-corrected chi connectivity index (χ2v) is 9.02. The van der Waals surface area contributed by atoms with E-state index in [1.807, 2.05) is 32.0 Å². The normalized spacial score (nSPS) is 14.1. The van der Waals surface area contributed by atoms with Crippen LogP contribution in [0.15, 0.2) is 29.3 Å². The Morgan fingerprint density at radius 1 is 1.17 bits per heavy atom. The van der Waals surface area contributed by atoms with Gasteiger partial charge >= 0.3 is 5.69 Å². The number of hydrogen-bond donors (Lipinski definition) is 1. The monoisotopic (exact) mass is 421 g/mol. The lowest BCUT2D eigenvalue weighted by Crippen LogP contribution is -2.28. The number of aryl methyl sites for hydroxylation is 4. The van der Waals surface area contributed by atoms with Crippen LogP contribution in [0.25, 0.3) is 15.9 Å². The third-order valence-electron chi connectivity index (χ3n) is 5.83. The molecule has 0 unspecified atom stereocenters. The van der Waals surface area contributed by atoms with E-state index in [9.17, 15) is 9.59 Å². The molecule has 1 N–H and O–H groups in total. The Hall–Kier alpha value is -3.00. The number of benzene rings is 1. The number of nitrogens with zero attached hydrogens (tertiary/aromatic N) is 4. The van der Waals surface area contributed by atoms with Crippen LogP contribution in [0.4, 0.5) is 5.69 Å². The van der Waals surface area contributed by atoms with Crippen molar-refractivity contribution < 1.29 is 4.79 Å². The van der Waals surface area contributed by atoms with Gasteiger partial charge < -0.3 is 5.32 Å². The van der Waals surface area contributed by atoms with Crippen LogP contribution in [0.5, 0.6) is 0 Å². The molecule has 0 aliphatic heterocycles. The molecule has 0 spiro atoms. The molecule has 1 aliphatic rings. The average molecular weight is 422 g/mol. The number of amides is 1. The smallest absolute Gasteiger partial charge is 0.324 e. The molecule has 7 nitrogen and oxygen atoms in total. The highest BCUT2D eigenvalue weighted by Gasteiger charge is 2.21. The number of thiophene rings is 1. The molecular formula is C22H23N5O2S. The zero-order valence-electron chi connectivity index (χ0n) is 17.1. The molecule has 5 rings (SSSR count). The van der Waals surface area contributed by atoms with Gasteiger partial charge in [0.1, 0.15) is 17.7 Å². The number of aromatic nitrogens is 4. The van der Waals surface area contributed by atoms with E-state index in [1.165, 1.54) is 38.7 Å². The summed E-state index contributed by atoms with van der Waals surface area (Å²) < 4.78 is 2.70. The zero-order chi connectivity index (χ0) is 20.8. The minimum Gasteiger partial charge on any atom is -0.324 e. The lowest BCUT2D eigenvalue weighted by Gasteiger charge is -2.10. The Bertz CT molecular complexity index is 1330. The lowest BCUT2D eigenvalue weighted by atomic mass is 10.1. The van der Waals surface area contributed by atoms with Gasteiger partial charge in [-0.15, -0.1) is 16.4 Å². The predicted octanol–water partition coefficient (Wildman–Crippen LogP) is 3.63. The highest BCUT2D eigenvalue weighted by molar-refractivity contribution is 7.19. The quantitative estimate of drug-likeness (QED) is 0.512. The molecule has 8 heteroatoms. The summed E-state index contributed by atoms with van der Waals surface area (Å²) in [6.45, 7) is 3.76. The maximum Gasteiger partial charge on any atom is 0.352 e. The molecule has 0 atom stereocenters. The summed E-state index contributed by atoms with van der Waals surface area (Å²) in [5, 5.41) is 8.46. The van der Waals surface area contributed by atoms with Crippen molar-refractivity contribution in [1.29, 1.82) is 0 Å². The van der Waals surface area contributed by atoms with Crippen LogP contribution in [0, 0.1) is 13.8 Å². The van der Waals surface area contributed by atoms with Gasteiger partial charge in [-0.2, -0.15) is 0 Å². The first-order valence-electron chi connectivity index (χ1n) is 10.3. The summed E-state index contributed by atoms with van der Waals surface area (Å²) in [6.07, 6.45) is 7.14. The van der Waals surface area contributed by atoms with Gasteiger partial charge in [0.25, 0.3) is 0 Å². The van der Waals surface area contributed by atoms with Crippen LogP contribution in [0.3, 0.4) is 0 Å². The predicted molar refractivity (Wildman–Crippen MR) is 118 cm³/mol. The minimum atomic E-state index is -0.343. The van der Waals surface area contributed by atoms with Gasteiger partial charge in [0.05, 0.1) is 5.39 Å². The molecule has 0 fully saturated rings. The van der Waals surface area contributed by atoms with E-state index in [4.69, 9.17) is 0 Å². The maximum atomic E-state index is 12.9. The van der Waals surface area contributed by atoms with E-state index in [1.54, 1.807) is 11.3 Å². The van der Waals surface area contributed by atoms with Crippen LogP contribution in [-0.2, 0) is 24.2 Å². The second-order valence-electron chi connectivity index (χ2n) is 7.94. The van der Waals surface area contributed by atoms with E-state index in [2.05, 4.69) is 15.4 Å². The average Bonchev–Trinajstić information content (AvgIpc) is 3.12. The number of nitrogens with one attached hydrogen (secondary N) is 1. The fourth-order valence-electron chi connectivity index (χ4n) is 4.28. The van der Waals surface area contributed by atoms with Gasteiger partial charge in [0, 0.05) is 10.6 Å². The summed E-state index contributed by atoms with van der Waals surface area (Å²) in [5.74, 6) is -0.272. The summed E-state index contributed by atoms with van der Waals surface area (Å²) in [4.78, 5) is 32.4. The van der Waals surface area contributed by atoms with Crippen molar-refractivity contribution in [1.82, 2.24) is 19.2 Å². The van der Waals surface area contributed by atoms with Crippen LogP contribution in [0.1, 0.15) is 40.8 Å². The third-order valence-corrected chi connectivity index (χ3v) is 7.03. The standard InChI is InChI=1S/C22H23N5O2S/c1-13-7-6-8-14(2)19(13)24-17(28)11-27-22(29)26-12-23-21-18(20(26)25-27)15-9-4-3-5-10-16(15)30-21/h6-8,12H,3-5,9-11H2,1-2H3,(H,24,28). The van der Waals surface area contributed by atoms with E-state index in [0.29, 0.717) is 5.65 Å². The van der Waals surface area contributed by atoms with Crippen molar-refractivity contribution in [3.8, 4) is 0 Å². The van der Waals surface area contributed by atoms with Crippen LogP contribution in [-0.4, -0.2) is 25.1 Å². The van der Waals surface area contributed by atoms with Crippen LogP contribution in [0.2, 0.25) is 0 Å². The van der Waals surface area contributed by atoms with Crippen molar-refractivity contribution in [2.24, 2.45) is 0 Å². The Balaban J connectivity index is 1.53. The second kappa shape index (κ2) is 7.36. The van der Waals surface area contributed by atoms with Crippen molar-refractivity contribution in [2.45, 2.75) is 52.5 Å². The van der Waals surface area contributed by atoms with E-state index in [-0.39, 0.29) is 18.1 Å². The Morgan fingerprint density at radius 2 is 1.93 bits per heavy atom. The number of hydrogen-bond acceptors (Lipinski definition) is 5. The molecule has 1 aliphatic carbocycles. The van der Waals surface area contributed by atoms with Crippen LogP contribution < -0.4 is 11.0 Å². The summed E-state index contributed by atoms with van der Waals surface area (Å²) in [6, 6.07) is 5.85. The van der Waals surface area contributed by atoms with E-state index < -0.39 is 0 Å². The van der Waals surface area contributed by atoms with Crippen molar-refractivity contribution in [3.63, 3.8) is 0 Å². The largest absolute Gasteiger partial charge is 0.352 e. The van der Waals surface area contributed by atoms with Gasteiger partial charge in [-0.05, 0) is 56.2 Å². The summed E-state index contributed by atoms with van der Waals surface area (Å²) in [7, 11) is 0. The molecule has 154 valence electrons. The molecule has 1 amide bonds. The summed E-state index contributed by atoms with van der Waals surface area (Å²) in [5.41, 5.74) is 4.29. The maximum absolute atomic E-state index is 12.9. The Kier molecular flexibility index (Phi) is 4.66. The number of carbonyl (C=O) groups excluding carboxylic acids is 1. The highest BCUT2D eigenvalue weighted by atomic mass is 32.1. The lowest BCUT2D eigenvalue weighted by molar-refractivity contribution is -0.117. The topological polar surface area (TPSA) is 81.3 Å². The van der Waals surface area contributed by atoms with Crippen molar-refractivity contribution >= 4 is 38.8 Å². The molecule has 1 aromatic carbocycles. The molecule has 0 radical (unpaired) electrons. The first-order valence-corrected chi connectivity index (χ1v) is 11.1. The van der Waals surface area contributed by atoms with Gasteiger partial charge in [0.2, 0.25) is 5.91 Å². The molecule has 0 saturated heterocycles. The summed E-state index contributed by atoms with van der Waals surface area (Å²) >= 11 is 1.71. The van der Waals surface area contributed by atoms with Gasteiger partial charge in [-0.1, -0.05) is 24.6 Å². The highest BCUT2D eigenvalue weighted by Crippen LogP contribution is 2.35. The fourth-order valence-corrected chi connectivity index (χ4v) is 5.51. The van der Waals surface area contributed by atoms with Gasteiger partial charge in [-0.25, -0.2) is 18.9 Å². The number of rotatable bonds is 3. The molecule has 3 heterocycles. The minimum absolute atomic E-state index is 0.137. The first kappa shape index (κ1) is 19.0. The number of fused-ring (bicyclic) bond motifs is 5. The van der Waals surface area contributed by atoms with Crippen LogP contribution >= 0.6 is 11.3 Å². The third kappa shape index (κ3) is 3.11. The fraction of sp³-hybridized carbons (Fsp3) is 0.364. The Morgan fingerprint density at radius 3 is 2.73 bits per heavy atom. The van der Waals surface area contributed by atoms with E-state index >= 15 is 0 Å². The molecule has 3 aromatic heterocycles. The molecule has 4 aromatic rings. The molecule has 0 saturated carbocycles. The van der Waals surface area contributed by atoms with E-state index in [0.717, 1.165) is 46.3 Å². The van der Waals surface area contributed by atoms with Gasteiger partial charge in [0.15, 0.2) is 5.65 Å². The van der Waals surface area contributed by atoms with Crippen molar-refractivity contribution in [3.05, 3.63) is 56.6 Å². The SMILES string of the molecule is Cc1cccc(C)c1NC(=O)Cn1nc2c3c4c(sc3ncn2c1=O)CCCCC4. The Labute approximate surface area is 177 Å². The first-order chi connectivity index (χ1) is 14.5. The molecule has 30 heavy (non-hydrogen) atoms. The van der Waals surface area contributed by atoms with Crippen molar-refractivity contribution in [2.75, 3.05) is 5.32 Å². The number of carbonyl (C=O) groups is 1. The zero-order valence-corrected chi connectivity index (χ0v) is 17.9. The van der Waals surface area contributed by atoms with Gasteiger partial charge in [-0.3, -0.25) is 4.79 Å².